The Kier molecular flexibility index (Phi) is 6.70. The van der Waals surface area contributed by atoms with E-state index in [2.05, 4.69) is 34.5 Å². The summed E-state index contributed by atoms with van der Waals surface area (Å²) in [5.74, 6) is -1.15. The molecule has 2 aliphatic rings. The highest BCUT2D eigenvalue weighted by atomic mass is 16.5. The molecule has 0 aromatic heterocycles. The molecule has 3 aromatic carbocycles. The van der Waals surface area contributed by atoms with Crippen LogP contribution in [0.4, 0.5) is 10.5 Å². The number of hydrogen-bond donors (Lipinski definition) is 2. The van der Waals surface area contributed by atoms with Gasteiger partial charge in [0.15, 0.2) is 0 Å². The van der Waals surface area contributed by atoms with Gasteiger partial charge in [0.2, 0.25) is 0 Å². The first-order chi connectivity index (χ1) is 17.1. The van der Waals surface area contributed by atoms with Crippen molar-refractivity contribution in [2.75, 3.05) is 24.6 Å². The van der Waals surface area contributed by atoms with E-state index in [4.69, 9.17) is 4.74 Å². The minimum atomic E-state index is -1.08. The predicted octanol–water partition coefficient (Wildman–Crippen LogP) is 5.21. The van der Waals surface area contributed by atoms with E-state index in [-0.39, 0.29) is 18.9 Å². The number of nitrogens with one attached hydrogen (secondary N) is 1. The van der Waals surface area contributed by atoms with Gasteiger partial charge < -0.3 is 20.1 Å². The molecule has 6 nitrogen and oxygen atoms in total. The van der Waals surface area contributed by atoms with Crippen LogP contribution < -0.4 is 10.2 Å². The zero-order valence-corrected chi connectivity index (χ0v) is 19.7. The summed E-state index contributed by atoms with van der Waals surface area (Å²) in [6.45, 7) is 2.08. The highest BCUT2D eigenvalue weighted by molar-refractivity contribution is 5.81. The van der Waals surface area contributed by atoms with Gasteiger partial charge in [0.05, 0.1) is 0 Å². The van der Waals surface area contributed by atoms with Gasteiger partial charge in [-0.1, -0.05) is 66.7 Å². The Morgan fingerprint density at radius 3 is 2.14 bits per heavy atom. The van der Waals surface area contributed by atoms with Crippen LogP contribution in [0.2, 0.25) is 0 Å². The molecule has 1 amide bonds. The second-order valence-electron chi connectivity index (χ2n) is 9.24. The van der Waals surface area contributed by atoms with Crippen molar-refractivity contribution in [1.29, 1.82) is 0 Å². The number of benzene rings is 3. The van der Waals surface area contributed by atoms with Crippen molar-refractivity contribution in [2.24, 2.45) is 0 Å². The van der Waals surface area contributed by atoms with Gasteiger partial charge >= 0.3 is 12.1 Å². The molecule has 0 spiro atoms. The molecule has 0 radical (unpaired) electrons. The van der Waals surface area contributed by atoms with Gasteiger partial charge in [-0.2, -0.15) is 0 Å². The molecule has 2 N–H and O–H groups in total. The molecule has 1 fully saturated rings. The molecule has 180 valence electrons. The Morgan fingerprint density at radius 2 is 1.49 bits per heavy atom. The van der Waals surface area contributed by atoms with Crippen LogP contribution in [0.1, 0.15) is 41.9 Å². The van der Waals surface area contributed by atoms with E-state index in [0.717, 1.165) is 59.4 Å². The van der Waals surface area contributed by atoms with Crippen molar-refractivity contribution in [1.82, 2.24) is 5.32 Å². The van der Waals surface area contributed by atoms with Crippen molar-refractivity contribution in [3.8, 4) is 11.1 Å². The number of nitrogens with zero attached hydrogens (tertiary/aromatic N) is 1. The second kappa shape index (κ2) is 10.2. The van der Waals surface area contributed by atoms with E-state index in [1.54, 1.807) is 0 Å². The molecule has 1 heterocycles. The first-order valence-electron chi connectivity index (χ1n) is 12.3. The predicted molar refractivity (Wildman–Crippen MR) is 136 cm³/mol. The number of carbonyl (C=O) groups is 2. The van der Waals surface area contributed by atoms with E-state index in [1.165, 1.54) is 6.42 Å². The molecule has 1 saturated heterocycles. The van der Waals surface area contributed by atoms with E-state index in [1.807, 2.05) is 48.5 Å². The number of alkyl carbamates (subject to hydrolysis) is 1. The van der Waals surface area contributed by atoms with Crippen molar-refractivity contribution >= 4 is 17.7 Å². The summed E-state index contributed by atoms with van der Waals surface area (Å²) in [6.07, 6.45) is 2.98. The summed E-state index contributed by atoms with van der Waals surface area (Å²) in [6, 6.07) is 23.0. The molecule has 0 bridgehead atoms. The van der Waals surface area contributed by atoms with Gasteiger partial charge in [-0.15, -0.1) is 0 Å². The van der Waals surface area contributed by atoms with E-state index >= 15 is 0 Å². The number of amides is 1. The summed E-state index contributed by atoms with van der Waals surface area (Å²) in [5.41, 5.74) is 6.50. The molecule has 1 aliphatic carbocycles. The van der Waals surface area contributed by atoms with Gasteiger partial charge in [0.1, 0.15) is 12.6 Å². The third-order valence-electron chi connectivity index (χ3n) is 7.05. The average molecular weight is 471 g/mol. The summed E-state index contributed by atoms with van der Waals surface area (Å²) < 4.78 is 5.58. The van der Waals surface area contributed by atoms with Crippen LogP contribution in [-0.4, -0.2) is 42.9 Å². The average Bonchev–Trinajstić information content (AvgIpc) is 3.21. The van der Waals surface area contributed by atoms with Crippen LogP contribution in [0, 0.1) is 0 Å². The first-order valence-corrected chi connectivity index (χ1v) is 12.3. The highest BCUT2D eigenvalue weighted by Gasteiger charge is 2.30. The molecule has 1 atom stereocenters. The molecule has 0 saturated carbocycles. The van der Waals surface area contributed by atoms with Crippen LogP contribution in [0.15, 0.2) is 72.8 Å². The van der Waals surface area contributed by atoms with Crippen molar-refractivity contribution in [3.63, 3.8) is 0 Å². The van der Waals surface area contributed by atoms with E-state index in [0.29, 0.717) is 0 Å². The molecule has 1 unspecified atom stereocenters. The zero-order chi connectivity index (χ0) is 24.2. The van der Waals surface area contributed by atoms with Crippen molar-refractivity contribution < 1.29 is 19.4 Å². The number of ether oxygens (including phenoxy) is 1. The number of carboxylic acid groups (broad SMARTS) is 1. The van der Waals surface area contributed by atoms with Crippen LogP contribution in [0.25, 0.3) is 11.1 Å². The minimum Gasteiger partial charge on any atom is -0.480 e. The van der Waals surface area contributed by atoms with E-state index < -0.39 is 18.1 Å². The summed E-state index contributed by atoms with van der Waals surface area (Å²) in [5, 5.41) is 12.4. The maximum Gasteiger partial charge on any atom is 0.407 e. The minimum absolute atomic E-state index is 0.0729. The van der Waals surface area contributed by atoms with E-state index in [9.17, 15) is 14.7 Å². The molecule has 35 heavy (non-hydrogen) atoms. The first kappa shape index (κ1) is 23.0. The summed E-state index contributed by atoms with van der Waals surface area (Å²) in [7, 11) is 0. The van der Waals surface area contributed by atoms with Gasteiger partial charge in [0.25, 0.3) is 0 Å². The molecule has 6 heteroatoms. The number of carboxylic acids is 1. The van der Waals surface area contributed by atoms with Gasteiger partial charge in [-0.3, -0.25) is 0 Å². The lowest BCUT2D eigenvalue weighted by Gasteiger charge is -2.31. The van der Waals surface area contributed by atoms with Crippen LogP contribution >= 0.6 is 0 Å². The van der Waals surface area contributed by atoms with Gasteiger partial charge in [-0.05, 0) is 53.1 Å². The molecular formula is C29H30N2O4. The SMILES string of the molecule is O=C(NC(Cc1ccccc1N1CCCCC1)C(=O)O)OCC1c2ccccc2-c2ccccc21. The Hall–Kier alpha value is -3.80. The zero-order valence-electron chi connectivity index (χ0n) is 19.7. The highest BCUT2D eigenvalue weighted by Crippen LogP contribution is 2.44. The fraction of sp³-hybridized carbons (Fsp3) is 0.310. The smallest absolute Gasteiger partial charge is 0.407 e. The van der Waals surface area contributed by atoms with Gasteiger partial charge in [-0.25, -0.2) is 9.59 Å². The maximum atomic E-state index is 12.7. The number of para-hydroxylation sites is 1. The number of anilines is 1. The monoisotopic (exact) mass is 470 g/mol. The number of hydrogen-bond acceptors (Lipinski definition) is 4. The van der Waals surface area contributed by atoms with Crippen LogP contribution in [-0.2, 0) is 16.0 Å². The number of piperidine rings is 1. The third kappa shape index (κ3) is 4.87. The maximum absolute atomic E-state index is 12.7. The van der Waals surface area contributed by atoms with Crippen LogP contribution in [0.3, 0.4) is 0 Å². The standard InChI is InChI=1S/C29H30N2O4/c32-28(33)26(18-20-10-2-7-15-27(20)31-16-8-1-9-17-31)30-29(34)35-19-25-23-13-5-3-11-21(23)22-12-4-6-14-24(22)25/h2-7,10-15,25-26H,1,8-9,16-19H2,(H,30,34)(H,32,33). The molecule has 5 rings (SSSR count). The van der Waals surface area contributed by atoms with Crippen LogP contribution in [0.5, 0.6) is 0 Å². The lowest BCUT2D eigenvalue weighted by Crippen LogP contribution is -2.43. The Morgan fingerprint density at radius 1 is 0.886 bits per heavy atom. The Bertz CT molecular complexity index is 1170. The van der Waals surface area contributed by atoms with Crippen molar-refractivity contribution in [3.05, 3.63) is 89.5 Å². The second-order valence-corrected chi connectivity index (χ2v) is 9.24. The normalized spacial score (nSPS) is 15.7. The fourth-order valence-electron chi connectivity index (χ4n) is 5.33. The quantitative estimate of drug-likeness (QED) is 0.496. The largest absolute Gasteiger partial charge is 0.480 e. The number of aliphatic carboxylic acids is 1. The fourth-order valence-corrected chi connectivity index (χ4v) is 5.33. The Balaban J connectivity index is 1.26. The molecule has 3 aromatic rings. The van der Waals surface area contributed by atoms with Gasteiger partial charge in [0, 0.05) is 31.1 Å². The number of carbonyl (C=O) groups excluding carboxylic acids is 1. The summed E-state index contributed by atoms with van der Waals surface area (Å²) in [4.78, 5) is 27.0. The number of rotatable bonds is 7. The topological polar surface area (TPSA) is 78.9 Å². The number of fused-ring (bicyclic) bond motifs is 3. The third-order valence-corrected chi connectivity index (χ3v) is 7.05. The molecular weight excluding hydrogens is 440 g/mol. The van der Waals surface area contributed by atoms with Crippen molar-refractivity contribution in [2.45, 2.75) is 37.6 Å². The lowest BCUT2D eigenvalue weighted by atomic mass is 9.98. The molecule has 1 aliphatic heterocycles. The Labute approximate surface area is 205 Å². The summed E-state index contributed by atoms with van der Waals surface area (Å²) >= 11 is 0. The lowest BCUT2D eigenvalue weighted by molar-refractivity contribution is -0.139.